The van der Waals surface area contributed by atoms with Crippen molar-refractivity contribution in [2.75, 3.05) is 33.3 Å². The second kappa shape index (κ2) is 8.23. The number of rotatable bonds is 7. The van der Waals surface area contributed by atoms with E-state index >= 15 is 0 Å². The number of piperidine rings is 1. The number of nitrogens with zero attached hydrogens (tertiary/aromatic N) is 1. The van der Waals surface area contributed by atoms with Gasteiger partial charge in [0.25, 0.3) is 0 Å². The minimum absolute atomic E-state index is 0.478. The van der Waals surface area contributed by atoms with Gasteiger partial charge in [-0.2, -0.15) is 0 Å². The van der Waals surface area contributed by atoms with Crippen molar-refractivity contribution in [2.24, 2.45) is 5.92 Å². The molecule has 112 valence electrons. The highest BCUT2D eigenvalue weighted by Gasteiger charge is 2.27. The quantitative estimate of drug-likeness (QED) is 0.768. The van der Waals surface area contributed by atoms with Gasteiger partial charge in [-0.1, -0.05) is 13.3 Å². The molecule has 1 aliphatic heterocycles. The zero-order valence-corrected chi connectivity index (χ0v) is 12.9. The number of likely N-dealkylation sites (tertiary alicyclic amines) is 1. The molecule has 2 aliphatic rings. The smallest absolute Gasteiger partial charge is 0.0698 e. The van der Waals surface area contributed by atoms with E-state index in [2.05, 4.69) is 17.1 Å². The maximum atomic E-state index is 5.51. The molecule has 3 unspecified atom stereocenters. The molecular weight excluding hydrogens is 236 g/mol. The first kappa shape index (κ1) is 15.3. The van der Waals surface area contributed by atoms with Crippen molar-refractivity contribution >= 4 is 0 Å². The van der Waals surface area contributed by atoms with Crippen LogP contribution in [0.4, 0.5) is 0 Å². The van der Waals surface area contributed by atoms with E-state index in [1.54, 1.807) is 0 Å². The molecule has 1 aliphatic carbocycles. The molecule has 0 aromatic rings. The van der Waals surface area contributed by atoms with E-state index < -0.39 is 0 Å². The zero-order valence-electron chi connectivity index (χ0n) is 12.9. The first-order valence-corrected chi connectivity index (χ1v) is 8.32. The van der Waals surface area contributed by atoms with Gasteiger partial charge in [0.15, 0.2) is 0 Å². The molecule has 0 radical (unpaired) electrons. The van der Waals surface area contributed by atoms with Crippen LogP contribution in [0.3, 0.4) is 0 Å². The lowest BCUT2D eigenvalue weighted by Crippen LogP contribution is -2.41. The van der Waals surface area contributed by atoms with Gasteiger partial charge in [0.1, 0.15) is 0 Å². The number of methoxy groups -OCH3 is 1. The van der Waals surface area contributed by atoms with E-state index in [0.717, 1.165) is 18.5 Å². The van der Waals surface area contributed by atoms with Crippen LogP contribution in [0.2, 0.25) is 0 Å². The third-order valence-electron chi connectivity index (χ3n) is 4.93. The highest BCUT2D eigenvalue weighted by molar-refractivity contribution is 4.84. The van der Waals surface area contributed by atoms with Crippen LogP contribution in [0, 0.1) is 5.92 Å². The van der Waals surface area contributed by atoms with Crippen LogP contribution in [0.5, 0.6) is 0 Å². The molecule has 3 nitrogen and oxygen atoms in total. The van der Waals surface area contributed by atoms with Crippen molar-refractivity contribution < 1.29 is 4.74 Å². The largest absolute Gasteiger partial charge is 0.380 e. The summed E-state index contributed by atoms with van der Waals surface area (Å²) in [5, 5.41) is 3.75. The van der Waals surface area contributed by atoms with Crippen LogP contribution in [0.15, 0.2) is 0 Å². The average molecular weight is 268 g/mol. The molecule has 3 atom stereocenters. The van der Waals surface area contributed by atoms with Gasteiger partial charge in [-0.05, 0) is 64.1 Å². The van der Waals surface area contributed by atoms with Crippen molar-refractivity contribution in [1.82, 2.24) is 10.2 Å². The molecule has 2 fully saturated rings. The van der Waals surface area contributed by atoms with Crippen molar-refractivity contribution in [1.29, 1.82) is 0 Å². The van der Waals surface area contributed by atoms with Gasteiger partial charge in [-0.3, -0.25) is 0 Å². The van der Waals surface area contributed by atoms with E-state index in [4.69, 9.17) is 4.74 Å². The highest BCUT2D eigenvalue weighted by Crippen LogP contribution is 2.29. The number of hydrogen-bond donors (Lipinski definition) is 1. The van der Waals surface area contributed by atoms with Crippen molar-refractivity contribution in [3.05, 3.63) is 0 Å². The Morgan fingerprint density at radius 2 is 2.11 bits per heavy atom. The molecule has 0 spiro atoms. The molecule has 3 heteroatoms. The SMILES string of the molecule is CCCNC1CCCC1CCN1CCCC(OC)C1. The van der Waals surface area contributed by atoms with Crippen molar-refractivity contribution in [3.63, 3.8) is 0 Å². The third-order valence-corrected chi connectivity index (χ3v) is 4.93. The molecule has 0 aromatic carbocycles. The Labute approximate surface area is 119 Å². The number of hydrogen-bond acceptors (Lipinski definition) is 3. The molecule has 1 N–H and O–H groups in total. The first-order valence-electron chi connectivity index (χ1n) is 8.32. The fourth-order valence-corrected chi connectivity index (χ4v) is 3.74. The Balaban J connectivity index is 1.68. The Kier molecular flexibility index (Phi) is 6.62. The van der Waals surface area contributed by atoms with Gasteiger partial charge in [0, 0.05) is 19.7 Å². The molecule has 19 heavy (non-hydrogen) atoms. The average Bonchev–Trinajstić information content (AvgIpc) is 2.90. The monoisotopic (exact) mass is 268 g/mol. The van der Waals surface area contributed by atoms with Gasteiger partial charge in [0.05, 0.1) is 6.10 Å². The van der Waals surface area contributed by atoms with E-state index in [1.165, 1.54) is 64.6 Å². The van der Waals surface area contributed by atoms with E-state index in [1.807, 2.05) is 7.11 Å². The first-order chi connectivity index (χ1) is 9.33. The predicted molar refractivity (Wildman–Crippen MR) is 80.5 cm³/mol. The van der Waals surface area contributed by atoms with E-state index in [-0.39, 0.29) is 0 Å². The second-order valence-electron chi connectivity index (χ2n) is 6.34. The third kappa shape index (κ3) is 4.73. The minimum Gasteiger partial charge on any atom is -0.380 e. The van der Waals surface area contributed by atoms with Gasteiger partial charge in [-0.15, -0.1) is 0 Å². The lowest BCUT2D eigenvalue weighted by molar-refractivity contribution is 0.0292. The molecule has 0 bridgehead atoms. The summed E-state index contributed by atoms with van der Waals surface area (Å²) in [4.78, 5) is 2.62. The van der Waals surface area contributed by atoms with Gasteiger partial charge >= 0.3 is 0 Å². The summed E-state index contributed by atoms with van der Waals surface area (Å²) in [7, 11) is 1.86. The summed E-state index contributed by atoms with van der Waals surface area (Å²) in [5.41, 5.74) is 0. The van der Waals surface area contributed by atoms with Crippen LogP contribution < -0.4 is 5.32 Å². The van der Waals surface area contributed by atoms with Crippen LogP contribution in [-0.2, 0) is 4.74 Å². The topological polar surface area (TPSA) is 24.5 Å². The second-order valence-corrected chi connectivity index (χ2v) is 6.34. The normalized spacial score (nSPS) is 32.8. The molecule has 2 rings (SSSR count). The van der Waals surface area contributed by atoms with Gasteiger partial charge < -0.3 is 15.0 Å². The zero-order chi connectivity index (χ0) is 13.5. The summed E-state index contributed by atoms with van der Waals surface area (Å²) in [5.74, 6) is 0.912. The molecule has 1 heterocycles. The summed E-state index contributed by atoms with van der Waals surface area (Å²) >= 11 is 0. The summed E-state index contributed by atoms with van der Waals surface area (Å²) < 4.78 is 5.51. The fourth-order valence-electron chi connectivity index (χ4n) is 3.74. The summed E-state index contributed by atoms with van der Waals surface area (Å²) in [6.07, 6.45) is 9.91. The summed E-state index contributed by atoms with van der Waals surface area (Å²) in [6.45, 7) is 7.15. The molecular formula is C16H32N2O. The highest BCUT2D eigenvalue weighted by atomic mass is 16.5. The predicted octanol–water partition coefficient (Wildman–Crippen LogP) is 2.66. The maximum Gasteiger partial charge on any atom is 0.0698 e. The fraction of sp³-hybridized carbons (Fsp3) is 1.00. The van der Waals surface area contributed by atoms with E-state index in [0.29, 0.717) is 6.10 Å². The van der Waals surface area contributed by atoms with E-state index in [9.17, 15) is 0 Å². The Bertz CT molecular complexity index is 247. The van der Waals surface area contributed by atoms with Gasteiger partial charge in [0.2, 0.25) is 0 Å². The standard InChI is InChI=1S/C16H32N2O/c1-3-10-17-16-8-4-6-14(16)9-12-18-11-5-7-15(13-18)19-2/h14-17H,3-13H2,1-2H3. The summed E-state index contributed by atoms with van der Waals surface area (Å²) in [6, 6.07) is 0.794. The molecule has 1 saturated heterocycles. The Morgan fingerprint density at radius 3 is 2.89 bits per heavy atom. The molecule has 1 saturated carbocycles. The van der Waals surface area contributed by atoms with Gasteiger partial charge in [-0.25, -0.2) is 0 Å². The van der Waals surface area contributed by atoms with Crippen molar-refractivity contribution in [2.45, 2.75) is 64.0 Å². The maximum absolute atomic E-state index is 5.51. The van der Waals surface area contributed by atoms with Crippen LogP contribution >= 0.6 is 0 Å². The Morgan fingerprint density at radius 1 is 1.21 bits per heavy atom. The van der Waals surface area contributed by atoms with Crippen LogP contribution in [0.1, 0.15) is 51.9 Å². The minimum atomic E-state index is 0.478. The lowest BCUT2D eigenvalue weighted by atomic mass is 9.98. The van der Waals surface area contributed by atoms with Crippen LogP contribution in [0.25, 0.3) is 0 Å². The lowest BCUT2D eigenvalue weighted by Gasteiger charge is -2.33. The van der Waals surface area contributed by atoms with Crippen LogP contribution in [-0.4, -0.2) is 50.3 Å². The van der Waals surface area contributed by atoms with Crippen molar-refractivity contribution in [3.8, 4) is 0 Å². The Hall–Kier alpha value is -0.120. The number of ether oxygens (including phenoxy) is 1. The molecule has 0 aromatic heterocycles. The molecule has 0 amide bonds. The number of nitrogens with one attached hydrogen (secondary N) is 1.